The van der Waals surface area contributed by atoms with Crippen molar-refractivity contribution in [1.82, 2.24) is 9.13 Å². The molecule has 0 unspecified atom stereocenters. The van der Waals surface area contributed by atoms with Crippen LogP contribution in [0.3, 0.4) is 0 Å². The van der Waals surface area contributed by atoms with Crippen LogP contribution in [-0.2, 0) is 13.9 Å². The molecule has 10 heteroatoms. The summed E-state index contributed by atoms with van der Waals surface area (Å²) in [5.41, 5.74) is -1.30. The van der Waals surface area contributed by atoms with Crippen molar-refractivity contribution in [3.8, 4) is 0 Å². The highest BCUT2D eigenvalue weighted by atomic mass is 28.4. The van der Waals surface area contributed by atoms with Gasteiger partial charge >= 0.3 is 5.69 Å². The van der Waals surface area contributed by atoms with Crippen LogP contribution < -0.4 is 11.2 Å². The molecule has 9 nitrogen and oxygen atoms in total. The number of aliphatic hydroxyl groups is 1. The predicted molar refractivity (Wildman–Crippen MR) is 134 cm³/mol. The van der Waals surface area contributed by atoms with Crippen molar-refractivity contribution in [3.05, 3.63) is 69.0 Å². The van der Waals surface area contributed by atoms with Crippen LogP contribution >= 0.6 is 0 Å². The number of benzene rings is 1. The van der Waals surface area contributed by atoms with E-state index in [0.29, 0.717) is 17.6 Å². The molecule has 3 rings (SSSR count). The molecule has 1 aromatic carbocycles. The van der Waals surface area contributed by atoms with Crippen molar-refractivity contribution in [2.24, 2.45) is 5.92 Å². The van der Waals surface area contributed by atoms with Crippen LogP contribution in [0.1, 0.15) is 43.8 Å². The van der Waals surface area contributed by atoms with Crippen LogP contribution in [0, 0.1) is 5.92 Å². The molecule has 192 valence electrons. The van der Waals surface area contributed by atoms with Crippen LogP contribution in [0.15, 0.2) is 52.2 Å². The molecule has 2 heterocycles. The van der Waals surface area contributed by atoms with E-state index in [1.165, 1.54) is 16.8 Å². The van der Waals surface area contributed by atoms with Gasteiger partial charge in [0.15, 0.2) is 8.32 Å². The van der Waals surface area contributed by atoms with Crippen molar-refractivity contribution in [1.29, 1.82) is 0 Å². The highest BCUT2D eigenvalue weighted by Crippen LogP contribution is 2.44. The summed E-state index contributed by atoms with van der Waals surface area (Å²) in [7, 11) is -0.677. The normalized spacial score (nSPS) is 22.9. The first-order valence-electron chi connectivity index (χ1n) is 11.8. The summed E-state index contributed by atoms with van der Waals surface area (Å²) in [5.74, 6) is -1.06. The number of aliphatic hydroxyl groups excluding tert-OH is 1. The lowest BCUT2D eigenvalue weighted by atomic mass is 9.96. The molecule has 1 saturated heterocycles. The molecule has 35 heavy (non-hydrogen) atoms. The molecule has 0 spiro atoms. The number of carbonyl (C=O) groups is 1. The molecule has 0 saturated carbocycles. The average Bonchev–Trinajstić information content (AvgIpc) is 3.13. The molecular formula is C25H36N2O7Si. The fourth-order valence-corrected chi connectivity index (χ4v) is 5.40. The number of hydrogen-bond donors (Lipinski definition) is 1. The summed E-state index contributed by atoms with van der Waals surface area (Å²) < 4.78 is 20.0. The number of aromatic nitrogens is 2. The van der Waals surface area contributed by atoms with Gasteiger partial charge in [-0.2, -0.15) is 4.57 Å². The van der Waals surface area contributed by atoms with Gasteiger partial charge in [0.25, 0.3) is 11.5 Å². The summed E-state index contributed by atoms with van der Waals surface area (Å²) in [6.07, 6.45) is -0.173. The van der Waals surface area contributed by atoms with Gasteiger partial charge in [0.05, 0.1) is 12.7 Å². The first-order chi connectivity index (χ1) is 16.4. The highest BCUT2D eigenvalue weighted by molar-refractivity contribution is 6.74. The van der Waals surface area contributed by atoms with Crippen LogP contribution in [0.25, 0.3) is 0 Å². The first-order valence-corrected chi connectivity index (χ1v) is 14.7. The summed E-state index contributed by atoms with van der Waals surface area (Å²) in [6.45, 7) is 10.7. The van der Waals surface area contributed by atoms with E-state index >= 15 is 0 Å². The summed E-state index contributed by atoms with van der Waals surface area (Å²) in [6, 6.07) is 9.33. The molecule has 1 aromatic heterocycles. The Hall–Kier alpha value is -2.37. The summed E-state index contributed by atoms with van der Waals surface area (Å²) >= 11 is 0. The van der Waals surface area contributed by atoms with E-state index in [2.05, 4.69) is 33.9 Å². The quantitative estimate of drug-likeness (QED) is 0.551. The zero-order chi connectivity index (χ0) is 26.0. The van der Waals surface area contributed by atoms with Crippen LogP contribution in [0.4, 0.5) is 0 Å². The maximum absolute atomic E-state index is 13.5. The molecular weight excluding hydrogens is 468 g/mol. The van der Waals surface area contributed by atoms with Gasteiger partial charge in [0, 0.05) is 37.5 Å². The minimum absolute atomic E-state index is 0.0803. The lowest BCUT2D eigenvalue weighted by Crippen LogP contribution is -2.49. The SMILES string of the molecule is COCC[C@@H]1[C@H](O[Si](C)(C)C(C)(C)C)[C@@H](CO)O[C@H]1n1ccc(=O)n(C(=O)c2ccccc2)c1=O. The van der Waals surface area contributed by atoms with Gasteiger partial charge in [-0.3, -0.25) is 14.2 Å². The second-order valence-electron chi connectivity index (χ2n) is 10.4. The molecule has 0 bridgehead atoms. The zero-order valence-electron chi connectivity index (χ0n) is 21.3. The Balaban J connectivity index is 2.06. The van der Waals surface area contributed by atoms with Gasteiger partial charge in [-0.1, -0.05) is 39.0 Å². The number of rotatable bonds is 8. The fourth-order valence-electron chi connectivity index (χ4n) is 4.04. The van der Waals surface area contributed by atoms with E-state index in [1.54, 1.807) is 37.4 Å². The molecule has 0 amide bonds. The van der Waals surface area contributed by atoms with Gasteiger partial charge in [0.1, 0.15) is 12.3 Å². The third-order valence-corrected chi connectivity index (χ3v) is 11.5. The average molecular weight is 505 g/mol. The standard InChI is InChI=1S/C25H36N2O7Si/c1-25(2,3)35(5,6)34-21-18(13-15-32-4)23(33-19(21)16-28)26-14-12-20(29)27(24(26)31)22(30)17-10-8-7-9-11-17/h7-12,14,18-19,21,23,28H,13,15-16H2,1-6H3/t18-,19-,21+,23-/m1/s1. The molecule has 4 atom stereocenters. The van der Waals surface area contributed by atoms with Crippen LogP contribution in [0.2, 0.25) is 18.1 Å². The van der Waals surface area contributed by atoms with E-state index in [9.17, 15) is 19.5 Å². The Bertz CT molecular complexity index is 1140. The van der Waals surface area contributed by atoms with Crippen LogP contribution in [0.5, 0.6) is 0 Å². The fraction of sp³-hybridized carbons (Fsp3) is 0.560. The van der Waals surface area contributed by atoms with E-state index in [0.717, 1.165) is 0 Å². The van der Waals surface area contributed by atoms with Gasteiger partial charge in [-0.25, -0.2) is 4.79 Å². The van der Waals surface area contributed by atoms with Crippen molar-refractivity contribution >= 4 is 14.2 Å². The molecule has 0 aliphatic carbocycles. The Morgan fingerprint density at radius 1 is 1.14 bits per heavy atom. The van der Waals surface area contributed by atoms with Gasteiger partial charge in [-0.05, 0) is 36.7 Å². The number of nitrogens with zero attached hydrogens (tertiary/aromatic N) is 2. The van der Waals surface area contributed by atoms with Gasteiger partial charge in [-0.15, -0.1) is 0 Å². The van der Waals surface area contributed by atoms with E-state index in [4.69, 9.17) is 13.9 Å². The Morgan fingerprint density at radius 2 is 1.80 bits per heavy atom. The van der Waals surface area contributed by atoms with Gasteiger partial charge in [0.2, 0.25) is 0 Å². The van der Waals surface area contributed by atoms with Crippen LogP contribution in [-0.4, -0.2) is 61.0 Å². The monoisotopic (exact) mass is 504 g/mol. The molecule has 0 radical (unpaired) electrons. The molecule has 2 aromatic rings. The van der Waals surface area contributed by atoms with Crippen molar-refractivity contribution < 1.29 is 23.8 Å². The van der Waals surface area contributed by atoms with Crippen molar-refractivity contribution in [2.45, 2.75) is 63.8 Å². The maximum atomic E-state index is 13.5. The van der Waals surface area contributed by atoms with Crippen molar-refractivity contribution in [2.75, 3.05) is 20.3 Å². The largest absolute Gasteiger partial charge is 0.411 e. The third-order valence-electron chi connectivity index (χ3n) is 7.05. The molecule has 1 aliphatic heterocycles. The smallest absolute Gasteiger partial charge is 0.340 e. The lowest BCUT2D eigenvalue weighted by molar-refractivity contribution is -0.0477. The minimum atomic E-state index is -2.26. The Morgan fingerprint density at radius 3 is 2.37 bits per heavy atom. The number of carbonyl (C=O) groups excluding carboxylic acids is 1. The number of methoxy groups -OCH3 is 1. The summed E-state index contributed by atoms with van der Waals surface area (Å²) in [5, 5.41) is 10.1. The minimum Gasteiger partial charge on any atom is -0.411 e. The van der Waals surface area contributed by atoms with E-state index < -0.39 is 43.9 Å². The first kappa shape index (κ1) is 27.2. The predicted octanol–water partition coefficient (Wildman–Crippen LogP) is 2.63. The number of hydrogen-bond acceptors (Lipinski definition) is 7. The third kappa shape index (κ3) is 5.57. The second kappa shape index (κ2) is 10.7. The molecule has 1 N–H and O–H groups in total. The zero-order valence-corrected chi connectivity index (χ0v) is 22.3. The lowest BCUT2D eigenvalue weighted by Gasteiger charge is -2.40. The highest BCUT2D eigenvalue weighted by Gasteiger charge is 2.50. The topological polar surface area (TPSA) is 109 Å². The van der Waals surface area contributed by atoms with E-state index in [1.807, 2.05) is 0 Å². The summed E-state index contributed by atoms with van der Waals surface area (Å²) in [4.78, 5) is 39.0. The Kier molecular flexibility index (Phi) is 8.33. The van der Waals surface area contributed by atoms with Crippen molar-refractivity contribution in [3.63, 3.8) is 0 Å². The number of ether oxygens (including phenoxy) is 2. The molecule has 1 aliphatic rings. The Labute approximate surface area is 206 Å². The second-order valence-corrected chi connectivity index (χ2v) is 15.1. The maximum Gasteiger partial charge on any atom is 0.340 e. The van der Waals surface area contributed by atoms with Gasteiger partial charge < -0.3 is 19.0 Å². The van der Waals surface area contributed by atoms with E-state index in [-0.39, 0.29) is 23.1 Å². The molecule has 1 fully saturated rings.